The number of nitriles is 1. The quantitative estimate of drug-likeness (QED) is 0.813. The van der Waals surface area contributed by atoms with E-state index in [1.165, 1.54) is 6.07 Å². The van der Waals surface area contributed by atoms with E-state index in [1.54, 1.807) is 6.07 Å². The van der Waals surface area contributed by atoms with E-state index in [0.717, 1.165) is 7.11 Å². The molecule has 2 N–H and O–H groups in total. The number of aromatic nitrogens is 1. The fraction of sp³-hybridized carbons (Fsp3) is 0.364. The maximum atomic E-state index is 12.8. The van der Waals surface area contributed by atoms with Crippen molar-refractivity contribution in [2.24, 2.45) is 5.73 Å². The lowest BCUT2D eigenvalue weighted by Gasteiger charge is -2.11. The van der Waals surface area contributed by atoms with Crippen LogP contribution in [0.4, 0.5) is 8.78 Å². The van der Waals surface area contributed by atoms with Gasteiger partial charge in [-0.1, -0.05) is 0 Å². The largest absolute Gasteiger partial charge is 0.469 e. The molecule has 0 aliphatic rings. The summed E-state index contributed by atoms with van der Waals surface area (Å²) in [6, 6.07) is 3.05. The van der Waals surface area contributed by atoms with Crippen LogP contribution >= 0.6 is 0 Å². The molecule has 1 aromatic rings. The highest BCUT2D eigenvalue weighted by molar-refractivity contribution is 5.74. The molecule has 0 saturated heterocycles. The Morgan fingerprint density at radius 1 is 1.67 bits per heavy atom. The third kappa shape index (κ3) is 2.99. The number of rotatable bonds is 4. The van der Waals surface area contributed by atoms with Gasteiger partial charge in [-0.3, -0.25) is 9.78 Å². The number of hydrogen-bond donors (Lipinski definition) is 1. The molecule has 0 aromatic carbocycles. The lowest BCUT2D eigenvalue weighted by atomic mass is 10.0. The Kier molecular flexibility index (Phi) is 4.68. The van der Waals surface area contributed by atoms with Gasteiger partial charge >= 0.3 is 5.97 Å². The van der Waals surface area contributed by atoms with Crippen LogP contribution in [0.1, 0.15) is 28.9 Å². The first-order valence-electron chi connectivity index (χ1n) is 5.01. The van der Waals surface area contributed by atoms with Gasteiger partial charge in [0.25, 0.3) is 6.43 Å². The molecule has 0 aliphatic heterocycles. The van der Waals surface area contributed by atoms with Crippen LogP contribution in [-0.2, 0) is 22.5 Å². The number of halogens is 2. The second-order valence-electron chi connectivity index (χ2n) is 3.39. The minimum Gasteiger partial charge on any atom is -0.469 e. The van der Waals surface area contributed by atoms with Crippen molar-refractivity contribution in [3.05, 3.63) is 28.6 Å². The second kappa shape index (κ2) is 6.02. The van der Waals surface area contributed by atoms with Gasteiger partial charge in [-0.05, 0) is 6.07 Å². The summed E-state index contributed by atoms with van der Waals surface area (Å²) in [5.74, 6) is -0.712. The average molecular weight is 255 g/mol. The van der Waals surface area contributed by atoms with E-state index in [4.69, 9.17) is 11.0 Å². The number of nitrogens with zero attached hydrogens (tertiary/aromatic N) is 2. The van der Waals surface area contributed by atoms with Gasteiger partial charge < -0.3 is 10.5 Å². The number of hydrogen-bond acceptors (Lipinski definition) is 5. The van der Waals surface area contributed by atoms with E-state index in [9.17, 15) is 13.6 Å². The lowest BCUT2D eigenvalue weighted by molar-refractivity contribution is -0.139. The molecule has 0 unspecified atom stereocenters. The number of alkyl halides is 2. The summed E-state index contributed by atoms with van der Waals surface area (Å²) in [7, 11) is 1.14. The third-order valence-electron chi connectivity index (χ3n) is 2.29. The first kappa shape index (κ1) is 14.0. The summed E-state index contributed by atoms with van der Waals surface area (Å²) in [5.41, 5.74) is 4.74. The molecule has 0 radical (unpaired) electrons. The average Bonchev–Trinajstić information content (AvgIpc) is 2.38. The number of carbonyl (C=O) groups is 1. The van der Waals surface area contributed by atoms with Crippen LogP contribution in [0.5, 0.6) is 0 Å². The normalized spacial score (nSPS) is 10.2. The topological polar surface area (TPSA) is 89.0 Å². The standard InChI is InChI=1S/C11H11F2N3O2/c1-18-9(17)3-8-6(4-14)2-7(5-15)16-10(8)11(12)13/h2,11H,3,5,15H2,1H3. The Hall–Kier alpha value is -2.07. The van der Waals surface area contributed by atoms with E-state index in [2.05, 4.69) is 9.72 Å². The summed E-state index contributed by atoms with van der Waals surface area (Å²) in [4.78, 5) is 14.8. The van der Waals surface area contributed by atoms with E-state index in [-0.39, 0.29) is 23.4 Å². The van der Waals surface area contributed by atoms with Crippen LogP contribution in [0.15, 0.2) is 6.07 Å². The zero-order chi connectivity index (χ0) is 13.7. The molecule has 0 fully saturated rings. The van der Waals surface area contributed by atoms with Gasteiger partial charge in [0, 0.05) is 12.1 Å². The van der Waals surface area contributed by atoms with Gasteiger partial charge in [0.05, 0.1) is 30.9 Å². The minimum atomic E-state index is -2.89. The molecule has 0 bridgehead atoms. The summed E-state index contributed by atoms with van der Waals surface area (Å²) in [6.45, 7) is -0.0626. The third-order valence-corrected chi connectivity index (χ3v) is 2.29. The zero-order valence-electron chi connectivity index (χ0n) is 9.61. The van der Waals surface area contributed by atoms with Gasteiger partial charge in [0.15, 0.2) is 0 Å². The molecule has 7 heteroatoms. The summed E-state index contributed by atoms with van der Waals surface area (Å²) >= 11 is 0. The molecule has 1 rings (SSSR count). The molecule has 96 valence electrons. The highest BCUT2D eigenvalue weighted by Crippen LogP contribution is 2.25. The second-order valence-corrected chi connectivity index (χ2v) is 3.39. The van der Waals surface area contributed by atoms with Crippen molar-refractivity contribution in [2.45, 2.75) is 19.4 Å². The van der Waals surface area contributed by atoms with Crippen molar-refractivity contribution >= 4 is 5.97 Å². The maximum absolute atomic E-state index is 12.8. The van der Waals surface area contributed by atoms with E-state index in [0.29, 0.717) is 0 Å². The van der Waals surface area contributed by atoms with Gasteiger partial charge in [-0.15, -0.1) is 0 Å². The molecule has 1 heterocycles. The first-order chi connectivity index (χ1) is 8.53. The minimum absolute atomic E-state index is 0.0360. The number of methoxy groups -OCH3 is 1. The molecule has 0 atom stereocenters. The first-order valence-corrected chi connectivity index (χ1v) is 5.01. The van der Waals surface area contributed by atoms with Crippen molar-refractivity contribution in [3.8, 4) is 6.07 Å². The predicted octanol–water partition coefficient (Wildman–Crippen LogP) is 1.07. The molecule has 0 saturated carbocycles. The Morgan fingerprint density at radius 2 is 2.33 bits per heavy atom. The summed E-state index contributed by atoms with van der Waals surface area (Å²) in [6.07, 6.45) is -3.31. The van der Waals surface area contributed by atoms with E-state index >= 15 is 0 Å². The highest BCUT2D eigenvalue weighted by Gasteiger charge is 2.22. The van der Waals surface area contributed by atoms with Crippen molar-refractivity contribution in [3.63, 3.8) is 0 Å². The van der Waals surface area contributed by atoms with Gasteiger partial charge in [-0.2, -0.15) is 5.26 Å². The molecule has 18 heavy (non-hydrogen) atoms. The molecule has 1 aromatic heterocycles. The van der Waals surface area contributed by atoms with E-state index < -0.39 is 24.5 Å². The number of ether oxygens (including phenoxy) is 1. The Bertz CT molecular complexity index is 498. The Morgan fingerprint density at radius 3 is 2.78 bits per heavy atom. The van der Waals surface area contributed by atoms with Crippen LogP contribution in [0.25, 0.3) is 0 Å². The van der Waals surface area contributed by atoms with Crippen molar-refractivity contribution in [1.82, 2.24) is 4.98 Å². The van der Waals surface area contributed by atoms with Crippen molar-refractivity contribution in [1.29, 1.82) is 5.26 Å². The van der Waals surface area contributed by atoms with Crippen LogP contribution in [0, 0.1) is 11.3 Å². The maximum Gasteiger partial charge on any atom is 0.310 e. The molecule has 0 aliphatic carbocycles. The molecule has 5 nitrogen and oxygen atoms in total. The van der Waals surface area contributed by atoms with Crippen LogP contribution in [-0.4, -0.2) is 18.1 Å². The van der Waals surface area contributed by atoms with Crippen LogP contribution in [0.3, 0.4) is 0 Å². The molecule has 0 amide bonds. The molecular weight excluding hydrogens is 244 g/mol. The van der Waals surface area contributed by atoms with Gasteiger partial charge in [0.2, 0.25) is 0 Å². The number of pyridine rings is 1. The number of nitrogens with two attached hydrogens (primary N) is 1. The molecular formula is C11H11F2N3O2. The number of carbonyl (C=O) groups excluding carboxylic acids is 1. The van der Waals surface area contributed by atoms with E-state index in [1.807, 2.05) is 0 Å². The Labute approximate surface area is 102 Å². The van der Waals surface area contributed by atoms with Crippen LogP contribution in [0.2, 0.25) is 0 Å². The fourth-order valence-electron chi connectivity index (χ4n) is 1.43. The zero-order valence-corrected chi connectivity index (χ0v) is 9.61. The Balaban J connectivity index is 3.36. The smallest absolute Gasteiger partial charge is 0.310 e. The number of esters is 1. The fourth-order valence-corrected chi connectivity index (χ4v) is 1.43. The summed E-state index contributed by atoms with van der Waals surface area (Å²) in [5, 5.41) is 8.91. The van der Waals surface area contributed by atoms with Crippen molar-refractivity contribution in [2.75, 3.05) is 7.11 Å². The van der Waals surface area contributed by atoms with Gasteiger partial charge in [-0.25, -0.2) is 8.78 Å². The molecule has 0 spiro atoms. The monoisotopic (exact) mass is 255 g/mol. The predicted molar refractivity (Wildman–Crippen MR) is 57.5 cm³/mol. The lowest BCUT2D eigenvalue weighted by Crippen LogP contribution is -2.13. The SMILES string of the molecule is COC(=O)Cc1c(C#N)cc(CN)nc1C(F)F. The van der Waals surface area contributed by atoms with Crippen LogP contribution < -0.4 is 5.73 Å². The highest BCUT2D eigenvalue weighted by atomic mass is 19.3. The van der Waals surface area contributed by atoms with Crippen molar-refractivity contribution < 1.29 is 18.3 Å². The van der Waals surface area contributed by atoms with Gasteiger partial charge in [0.1, 0.15) is 5.69 Å². The summed E-state index contributed by atoms with van der Waals surface area (Å²) < 4.78 is 30.1.